The first-order valence-corrected chi connectivity index (χ1v) is 12.2. The van der Waals surface area contributed by atoms with Crippen LogP contribution < -0.4 is 5.32 Å². The predicted octanol–water partition coefficient (Wildman–Crippen LogP) is 4.42. The first-order valence-electron chi connectivity index (χ1n) is 11.8. The summed E-state index contributed by atoms with van der Waals surface area (Å²) in [6, 6.07) is 21.1. The lowest BCUT2D eigenvalue weighted by Gasteiger charge is -2.10. The lowest BCUT2D eigenvalue weighted by Crippen LogP contribution is -2.18. The number of fused-ring (bicyclic) bond motifs is 2. The number of carbonyl (C=O) groups is 1. The van der Waals surface area contributed by atoms with E-state index in [2.05, 4.69) is 35.3 Å². The second kappa shape index (κ2) is 9.82. The Balaban J connectivity index is 1.24. The summed E-state index contributed by atoms with van der Waals surface area (Å²) in [6.07, 6.45) is 4.06. The minimum absolute atomic E-state index is 0.303. The highest BCUT2D eigenvalue weighted by Gasteiger charge is 2.19. The second-order valence-electron chi connectivity index (χ2n) is 8.62. The van der Waals surface area contributed by atoms with Crippen LogP contribution in [0.2, 0.25) is 5.02 Å². The van der Waals surface area contributed by atoms with Crippen molar-refractivity contribution in [2.45, 2.75) is 26.1 Å². The van der Waals surface area contributed by atoms with Crippen LogP contribution in [-0.2, 0) is 19.6 Å². The first-order chi connectivity index (χ1) is 18.1. The Hall–Kier alpha value is -4.57. The van der Waals surface area contributed by atoms with Crippen LogP contribution in [0.5, 0.6) is 0 Å². The van der Waals surface area contributed by atoms with E-state index in [0.717, 1.165) is 35.1 Å². The molecule has 3 aromatic heterocycles. The highest BCUT2D eigenvalue weighted by Crippen LogP contribution is 2.24. The molecule has 37 heavy (non-hydrogen) atoms. The molecule has 3 aromatic carbocycles. The summed E-state index contributed by atoms with van der Waals surface area (Å²) in [7, 11) is 0. The number of aromatic nitrogens is 8. The van der Waals surface area contributed by atoms with Gasteiger partial charge in [-0.15, -0.1) is 10.2 Å². The number of anilines is 1. The fourth-order valence-corrected chi connectivity index (χ4v) is 4.54. The van der Waals surface area contributed by atoms with Crippen molar-refractivity contribution >= 4 is 45.3 Å². The van der Waals surface area contributed by atoms with Gasteiger partial charge in [0.05, 0.1) is 34.9 Å². The average molecular weight is 512 g/mol. The standard InChI is InChI=1S/C26H22ClN9O/c27-19-7-9-21-24(13-19)35(15-18-5-2-1-3-6-18)25(32-21)26(37)31-20-8-10-23-22(14-20)28-17-34(23)11-4-12-36-30-16-29-33-36/h1-3,5-10,13-14,16-17H,4,11-12,15H2,(H,31,37). The summed E-state index contributed by atoms with van der Waals surface area (Å²) in [5.41, 5.74) is 4.99. The van der Waals surface area contributed by atoms with Gasteiger partial charge in [-0.05, 0) is 53.6 Å². The molecule has 0 saturated carbocycles. The molecular weight excluding hydrogens is 490 g/mol. The van der Waals surface area contributed by atoms with E-state index in [1.54, 1.807) is 17.2 Å². The molecule has 3 heterocycles. The molecule has 0 aliphatic rings. The van der Waals surface area contributed by atoms with E-state index in [1.807, 2.05) is 65.2 Å². The van der Waals surface area contributed by atoms with E-state index in [0.29, 0.717) is 35.1 Å². The van der Waals surface area contributed by atoms with Crippen LogP contribution in [0.1, 0.15) is 22.6 Å². The number of aryl methyl sites for hydroxylation is 2. The minimum Gasteiger partial charge on any atom is -0.331 e. The smallest absolute Gasteiger partial charge is 0.291 e. The van der Waals surface area contributed by atoms with E-state index < -0.39 is 0 Å². The SMILES string of the molecule is O=C(Nc1ccc2c(c1)ncn2CCCn1ncnn1)c1nc2ccc(Cl)cc2n1Cc1ccccc1. The topological polar surface area (TPSA) is 108 Å². The van der Waals surface area contributed by atoms with E-state index in [-0.39, 0.29) is 5.91 Å². The summed E-state index contributed by atoms with van der Waals surface area (Å²) in [6.45, 7) is 1.92. The molecule has 1 amide bonds. The zero-order valence-electron chi connectivity index (χ0n) is 19.7. The van der Waals surface area contributed by atoms with Crippen molar-refractivity contribution in [2.24, 2.45) is 0 Å². The number of imidazole rings is 2. The van der Waals surface area contributed by atoms with Crippen LogP contribution in [0, 0.1) is 0 Å². The maximum Gasteiger partial charge on any atom is 0.291 e. The number of halogens is 1. The Morgan fingerprint density at radius 2 is 1.84 bits per heavy atom. The molecule has 0 atom stereocenters. The highest BCUT2D eigenvalue weighted by atomic mass is 35.5. The third-order valence-electron chi connectivity index (χ3n) is 6.12. The maximum absolute atomic E-state index is 13.4. The molecular formula is C26H22ClN9O. The number of hydrogen-bond acceptors (Lipinski definition) is 6. The van der Waals surface area contributed by atoms with Gasteiger partial charge in [-0.1, -0.05) is 41.9 Å². The number of tetrazole rings is 1. The lowest BCUT2D eigenvalue weighted by molar-refractivity contribution is 0.101. The largest absolute Gasteiger partial charge is 0.331 e. The normalized spacial score (nSPS) is 11.4. The van der Waals surface area contributed by atoms with Gasteiger partial charge in [0.25, 0.3) is 5.91 Å². The molecule has 0 spiro atoms. The molecule has 1 N–H and O–H groups in total. The monoisotopic (exact) mass is 511 g/mol. The quantitative estimate of drug-likeness (QED) is 0.324. The Morgan fingerprint density at radius 1 is 0.946 bits per heavy atom. The van der Waals surface area contributed by atoms with E-state index in [9.17, 15) is 4.79 Å². The number of nitrogens with one attached hydrogen (secondary N) is 1. The number of nitrogens with zero attached hydrogens (tertiary/aromatic N) is 8. The highest BCUT2D eigenvalue weighted by molar-refractivity contribution is 6.31. The Morgan fingerprint density at radius 3 is 2.68 bits per heavy atom. The van der Waals surface area contributed by atoms with Crippen LogP contribution in [0.3, 0.4) is 0 Å². The van der Waals surface area contributed by atoms with Gasteiger partial charge in [-0.3, -0.25) is 4.79 Å². The first kappa shape index (κ1) is 22.9. The van der Waals surface area contributed by atoms with E-state index >= 15 is 0 Å². The molecule has 11 heteroatoms. The van der Waals surface area contributed by atoms with Crippen LogP contribution in [-0.4, -0.2) is 45.2 Å². The summed E-state index contributed by atoms with van der Waals surface area (Å²) in [5.74, 6) is 0.0100. The van der Waals surface area contributed by atoms with Crippen molar-refractivity contribution < 1.29 is 4.79 Å². The van der Waals surface area contributed by atoms with Crippen molar-refractivity contribution in [2.75, 3.05) is 5.32 Å². The van der Waals surface area contributed by atoms with E-state index in [4.69, 9.17) is 11.6 Å². The fourth-order valence-electron chi connectivity index (χ4n) is 4.38. The number of hydrogen-bond donors (Lipinski definition) is 1. The molecule has 184 valence electrons. The summed E-state index contributed by atoms with van der Waals surface area (Å²) in [5, 5.41) is 15.2. The van der Waals surface area contributed by atoms with Crippen LogP contribution in [0.15, 0.2) is 79.4 Å². The molecule has 0 saturated heterocycles. The average Bonchev–Trinajstić information content (AvgIpc) is 3.65. The maximum atomic E-state index is 13.4. The third kappa shape index (κ3) is 4.78. The van der Waals surface area contributed by atoms with Gasteiger partial charge in [-0.25, -0.2) is 9.97 Å². The Bertz CT molecular complexity index is 1690. The van der Waals surface area contributed by atoms with Crippen LogP contribution >= 0.6 is 11.6 Å². The van der Waals surface area contributed by atoms with Gasteiger partial charge in [0.15, 0.2) is 6.33 Å². The van der Waals surface area contributed by atoms with Gasteiger partial charge in [0.1, 0.15) is 0 Å². The van der Waals surface area contributed by atoms with Gasteiger partial charge in [-0.2, -0.15) is 4.80 Å². The predicted molar refractivity (Wildman–Crippen MR) is 140 cm³/mol. The molecule has 10 nitrogen and oxygen atoms in total. The van der Waals surface area contributed by atoms with Gasteiger partial charge in [0.2, 0.25) is 5.82 Å². The van der Waals surface area contributed by atoms with Gasteiger partial charge < -0.3 is 14.5 Å². The van der Waals surface area contributed by atoms with Crippen molar-refractivity contribution in [1.82, 2.24) is 39.3 Å². The third-order valence-corrected chi connectivity index (χ3v) is 6.36. The molecule has 6 aromatic rings. The van der Waals surface area contributed by atoms with Gasteiger partial charge in [0, 0.05) is 23.8 Å². The Kier molecular flexibility index (Phi) is 6.07. The zero-order valence-corrected chi connectivity index (χ0v) is 20.5. The van der Waals surface area contributed by atoms with Crippen molar-refractivity contribution in [3.63, 3.8) is 0 Å². The fraction of sp³-hybridized carbons (Fsp3) is 0.154. The van der Waals surface area contributed by atoms with Crippen LogP contribution in [0.25, 0.3) is 22.1 Å². The summed E-state index contributed by atoms with van der Waals surface area (Å²) in [4.78, 5) is 24.1. The van der Waals surface area contributed by atoms with E-state index in [1.165, 1.54) is 6.33 Å². The molecule has 0 aliphatic carbocycles. The molecule has 0 unspecified atom stereocenters. The molecule has 6 rings (SSSR count). The zero-order chi connectivity index (χ0) is 25.2. The summed E-state index contributed by atoms with van der Waals surface area (Å²) < 4.78 is 3.96. The number of carbonyl (C=O) groups excluding carboxylic acids is 1. The molecule has 0 fully saturated rings. The number of benzene rings is 3. The molecule has 0 bridgehead atoms. The minimum atomic E-state index is -0.303. The Labute approximate surface area is 216 Å². The number of rotatable bonds is 8. The number of amides is 1. The molecule has 0 radical (unpaired) electrons. The van der Waals surface area contributed by atoms with Gasteiger partial charge >= 0.3 is 0 Å². The second-order valence-corrected chi connectivity index (χ2v) is 9.06. The lowest BCUT2D eigenvalue weighted by atomic mass is 10.2. The van der Waals surface area contributed by atoms with Crippen molar-refractivity contribution in [3.8, 4) is 0 Å². The summed E-state index contributed by atoms with van der Waals surface area (Å²) >= 11 is 6.27. The van der Waals surface area contributed by atoms with Crippen LogP contribution in [0.4, 0.5) is 5.69 Å². The van der Waals surface area contributed by atoms with Crippen molar-refractivity contribution in [3.05, 3.63) is 95.8 Å². The molecule has 0 aliphatic heterocycles. The van der Waals surface area contributed by atoms with Crippen molar-refractivity contribution in [1.29, 1.82) is 0 Å².